The molecule has 1 amide bonds. The molecule has 0 radical (unpaired) electrons. The zero-order valence-electron chi connectivity index (χ0n) is 6.44. The molecule has 0 aromatic carbocycles. The van der Waals surface area contributed by atoms with E-state index >= 15 is 0 Å². The summed E-state index contributed by atoms with van der Waals surface area (Å²) in [5.41, 5.74) is 0. The number of halogens is 3. The van der Waals surface area contributed by atoms with E-state index in [-0.39, 0.29) is 5.01 Å². The van der Waals surface area contributed by atoms with Gasteiger partial charge >= 0.3 is 6.30 Å². The summed E-state index contributed by atoms with van der Waals surface area (Å²) >= 11 is 0. The minimum atomic E-state index is -4.63. The zero-order chi connectivity index (χ0) is 9.23. The molecule has 0 heterocycles. The molecule has 0 saturated carbocycles. The Bertz CT molecular complexity index is 154. The van der Waals surface area contributed by atoms with Crippen molar-refractivity contribution in [1.29, 1.82) is 0 Å². The topological polar surface area (TPSA) is 23.6 Å². The van der Waals surface area contributed by atoms with Crippen molar-refractivity contribution in [2.24, 2.45) is 0 Å². The van der Waals surface area contributed by atoms with Crippen LogP contribution < -0.4 is 0 Å². The molecular formula is C5H9F3N2O. The van der Waals surface area contributed by atoms with Gasteiger partial charge in [0.2, 0.25) is 5.91 Å². The second kappa shape index (κ2) is 3.08. The number of hydrogen-bond acceptors (Lipinski definition) is 2. The quantitative estimate of drug-likeness (QED) is 0.430. The number of hydrogen-bond donors (Lipinski definition) is 0. The molecule has 6 heteroatoms. The lowest BCUT2D eigenvalue weighted by atomic mass is 10.6. The summed E-state index contributed by atoms with van der Waals surface area (Å²) in [6, 6.07) is 0. The molecule has 0 aliphatic heterocycles. The third kappa shape index (κ3) is 2.75. The van der Waals surface area contributed by atoms with E-state index in [4.69, 9.17) is 0 Å². The van der Waals surface area contributed by atoms with Crippen LogP contribution in [0.25, 0.3) is 0 Å². The molecule has 66 valence electrons. The Morgan fingerprint density at radius 3 is 1.64 bits per heavy atom. The van der Waals surface area contributed by atoms with E-state index in [9.17, 15) is 18.0 Å². The van der Waals surface area contributed by atoms with Crippen LogP contribution in [0, 0.1) is 0 Å². The van der Waals surface area contributed by atoms with Gasteiger partial charge in [-0.25, -0.2) is 5.01 Å². The van der Waals surface area contributed by atoms with Crippen LogP contribution in [-0.2, 0) is 4.79 Å². The Labute approximate surface area is 62.3 Å². The summed E-state index contributed by atoms with van der Waals surface area (Å²) in [4.78, 5) is 10.4. The highest BCUT2D eigenvalue weighted by Crippen LogP contribution is 2.21. The molecule has 0 bridgehead atoms. The van der Waals surface area contributed by atoms with Gasteiger partial charge in [0, 0.05) is 21.0 Å². The van der Waals surface area contributed by atoms with Crippen LogP contribution in [-0.4, -0.2) is 36.3 Å². The Kier molecular flexibility index (Phi) is 2.86. The Hall–Kier alpha value is -0.780. The van der Waals surface area contributed by atoms with Crippen molar-refractivity contribution in [3.8, 4) is 0 Å². The van der Waals surface area contributed by atoms with Crippen LogP contribution in [0.3, 0.4) is 0 Å². The molecule has 0 aliphatic carbocycles. The van der Waals surface area contributed by atoms with Crippen molar-refractivity contribution in [1.82, 2.24) is 10.0 Å². The van der Waals surface area contributed by atoms with E-state index in [1.165, 1.54) is 0 Å². The highest BCUT2D eigenvalue weighted by molar-refractivity contribution is 5.72. The van der Waals surface area contributed by atoms with E-state index < -0.39 is 12.2 Å². The van der Waals surface area contributed by atoms with Gasteiger partial charge in [0.05, 0.1) is 0 Å². The first-order valence-electron chi connectivity index (χ1n) is 2.81. The average molecular weight is 170 g/mol. The Morgan fingerprint density at radius 1 is 1.27 bits per heavy atom. The molecule has 0 aromatic rings. The average Bonchev–Trinajstić information content (AvgIpc) is 1.54. The van der Waals surface area contributed by atoms with Crippen molar-refractivity contribution in [2.75, 3.05) is 14.1 Å². The zero-order valence-corrected chi connectivity index (χ0v) is 6.44. The van der Waals surface area contributed by atoms with Gasteiger partial charge in [-0.05, 0) is 0 Å². The molecule has 3 nitrogen and oxygen atoms in total. The molecule has 0 atom stereocenters. The van der Waals surface area contributed by atoms with Gasteiger partial charge < -0.3 is 0 Å². The molecule has 0 unspecified atom stereocenters. The molecule has 0 N–H and O–H groups in total. The number of nitrogens with zero attached hydrogens (tertiary/aromatic N) is 2. The highest BCUT2D eigenvalue weighted by atomic mass is 19.4. The fraction of sp³-hybridized carbons (Fsp3) is 0.800. The first-order chi connectivity index (χ1) is 4.76. The molecule has 0 spiro atoms. The first-order valence-corrected chi connectivity index (χ1v) is 2.81. The minimum Gasteiger partial charge on any atom is -0.273 e. The number of hydrazine groups is 1. The van der Waals surface area contributed by atoms with E-state index in [1.54, 1.807) is 0 Å². The van der Waals surface area contributed by atoms with Gasteiger partial charge in [0.25, 0.3) is 0 Å². The smallest absolute Gasteiger partial charge is 0.273 e. The summed E-state index contributed by atoms with van der Waals surface area (Å²) in [5.74, 6) is -1.05. The van der Waals surface area contributed by atoms with Crippen LogP contribution in [0.2, 0.25) is 0 Å². The SMILES string of the molecule is CC(=O)N(N(C)C)C(F)(F)F. The molecule has 0 fully saturated rings. The van der Waals surface area contributed by atoms with Gasteiger partial charge in [-0.2, -0.15) is 5.01 Å². The lowest BCUT2D eigenvalue weighted by Gasteiger charge is -2.28. The highest BCUT2D eigenvalue weighted by Gasteiger charge is 2.41. The predicted octanol–water partition coefficient (Wildman–Crippen LogP) is 0.831. The number of carbonyl (C=O) groups excluding carboxylic acids is 1. The van der Waals surface area contributed by atoms with Crippen molar-refractivity contribution in [2.45, 2.75) is 13.2 Å². The molecular weight excluding hydrogens is 161 g/mol. The second-order valence-corrected chi connectivity index (χ2v) is 2.15. The third-order valence-electron chi connectivity index (χ3n) is 0.938. The fourth-order valence-electron chi connectivity index (χ4n) is 0.687. The summed E-state index contributed by atoms with van der Waals surface area (Å²) in [5, 5.41) is 0.398. The van der Waals surface area contributed by atoms with Gasteiger partial charge in [-0.15, -0.1) is 13.2 Å². The number of rotatable bonds is 1. The largest absolute Gasteiger partial charge is 0.501 e. The molecule has 0 rings (SSSR count). The number of amides is 1. The van der Waals surface area contributed by atoms with E-state index in [0.717, 1.165) is 21.0 Å². The molecule has 11 heavy (non-hydrogen) atoms. The maximum atomic E-state index is 11.9. The Balaban J connectivity index is 4.49. The number of alkyl halides is 3. The summed E-state index contributed by atoms with van der Waals surface area (Å²) in [7, 11) is 2.30. The van der Waals surface area contributed by atoms with Gasteiger partial charge in [-0.1, -0.05) is 0 Å². The van der Waals surface area contributed by atoms with Gasteiger partial charge in [0.1, 0.15) is 0 Å². The van der Waals surface area contributed by atoms with Crippen molar-refractivity contribution < 1.29 is 18.0 Å². The van der Waals surface area contributed by atoms with Crippen LogP contribution >= 0.6 is 0 Å². The molecule has 0 aliphatic rings. The van der Waals surface area contributed by atoms with Crippen LogP contribution in [0.5, 0.6) is 0 Å². The van der Waals surface area contributed by atoms with E-state index in [2.05, 4.69) is 0 Å². The normalized spacial score (nSPS) is 11.9. The molecule has 0 saturated heterocycles. The third-order valence-corrected chi connectivity index (χ3v) is 0.938. The maximum absolute atomic E-state index is 11.9. The standard InChI is InChI=1S/C5H9F3N2O/c1-4(11)10(9(2)3)5(6,7)8/h1-3H3. The van der Waals surface area contributed by atoms with Gasteiger partial charge in [0.15, 0.2) is 0 Å². The monoisotopic (exact) mass is 170 g/mol. The van der Waals surface area contributed by atoms with Crippen LogP contribution in [0.15, 0.2) is 0 Å². The molecule has 0 aromatic heterocycles. The summed E-state index contributed by atoms with van der Waals surface area (Å²) < 4.78 is 35.7. The fourth-order valence-corrected chi connectivity index (χ4v) is 0.687. The summed E-state index contributed by atoms with van der Waals surface area (Å²) in [6.07, 6.45) is -4.63. The predicted molar refractivity (Wildman–Crippen MR) is 32.3 cm³/mol. The van der Waals surface area contributed by atoms with Crippen molar-refractivity contribution >= 4 is 5.91 Å². The minimum absolute atomic E-state index is 0.285. The van der Waals surface area contributed by atoms with E-state index in [0.29, 0.717) is 5.01 Å². The number of carbonyl (C=O) groups is 1. The van der Waals surface area contributed by atoms with Gasteiger partial charge in [-0.3, -0.25) is 4.79 Å². The van der Waals surface area contributed by atoms with Crippen LogP contribution in [0.4, 0.5) is 13.2 Å². The van der Waals surface area contributed by atoms with E-state index in [1.807, 2.05) is 0 Å². The van der Waals surface area contributed by atoms with Crippen molar-refractivity contribution in [3.63, 3.8) is 0 Å². The summed E-state index contributed by atoms with van der Waals surface area (Å²) in [6.45, 7) is 0.855. The lowest BCUT2D eigenvalue weighted by molar-refractivity contribution is -0.289. The lowest BCUT2D eigenvalue weighted by Crippen LogP contribution is -2.49. The second-order valence-electron chi connectivity index (χ2n) is 2.15. The Morgan fingerprint density at radius 2 is 1.64 bits per heavy atom. The first kappa shape index (κ1) is 10.2. The van der Waals surface area contributed by atoms with Crippen LogP contribution in [0.1, 0.15) is 6.92 Å². The van der Waals surface area contributed by atoms with Crippen molar-refractivity contribution in [3.05, 3.63) is 0 Å². The maximum Gasteiger partial charge on any atom is 0.501 e.